The van der Waals surface area contributed by atoms with Crippen LogP contribution < -0.4 is 5.73 Å². The zero-order valence-electron chi connectivity index (χ0n) is 10.1. The Labute approximate surface area is 103 Å². The highest BCUT2D eigenvalue weighted by atomic mass is 19.4. The molecule has 1 aromatic heterocycles. The minimum absolute atomic E-state index is 0.0379. The van der Waals surface area contributed by atoms with E-state index in [2.05, 4.69) is 10.1 Å². The average molecular weight is 263 g/mol. The molecule has 1 unspecified atom stereocenters. The summed E-state index contributed by atoms with van der Waals surface area (Å²) in [6.45, 7) is 1.63. The Hall–Kier alpha value is -1.11. The first-order chi connectivity index (χ1) is 8.28. The van der Waals surface area contributed by atoms with Crippen molar-refractivity contribution in [2.75, 3.05) is 0 Å². The molecule has 4 nitrogen and oxygen atoms in total. The van der Waals surface area contributed by atoms with Gasteiger partial charge < -0.3 is 10.3 Å². The Morgan fingerprint density at radius 1 is 1.33 bits per heavy atom. The van der Waals surface area contributed by atoms with Crippen LogP contribution in [-0.2, 0) is 5.54 Å². The molecule has 0 aromatic carbocycles. The maximum absolute atomic E-state index is 12.1. The molecule has 1 aromatic rings. The number of halogens is 3. The quantitative estimate of drug-likeness (QED) is 0.887. The number of hydrogen-bond acceptors (Lipinski definition) is 4. The van der Waals surface area contributed by atoms with E-state index in [1.807, 2.05) is 0 Å². The first-order valence-corrected chi connectivity index (χ1v) is 5.98. The van der Waals surface area contributed by atoms with E-state index in [1.165, 1.54) is 0 Å². The number of aromatic nitrogens is 2. The van der Waals surface area contributed by atoms with Crippen LogP contribution in [-0.4, -0.2) is 16.3 Å². The maximum atomic E-state index is 12.1. The molecule has 1 aliphatic rings. The maximum Gasteiger partial charge on any atom is 0.389 e. The van der Waals surface area contributed by atoms with Crippen molar-refractivity contribution in [1.29, 1.82) is 0 Å². The SMILES string of the molecule is CC(N)(CCCC(F)(F)F)c1noc(C2CC2)n1. The van der Waals surface area contributed by atoms with Gasteiger partial charge in [0.05, 0.1) is 5.54 Å². The third-order valence-corrected chi connectivity index (χ3v) is 3.04. The topological polar surface area (TPSA) is 64.9 Å². The third kappa shape index (κ3) is 3.44. The second-order valence-corrected chi connectivity index (χ2v) is 5.12. The zero-order valence-corrected chi connectivity index (χ0v) is 10.1. The van der Waals surface area contributed by atoms with Gasteiger partial charge in [-0.1, -0.05) is 5.16 Å². The summed E-state index contributed by atoms with van der Waals surface area (Å²) in [7, 11) is 0. The van der Waals surface area contributed by atoms with Crippen molar-refractivity contribution >= 4 is 0 Å². The van der Waals surface area contributed by atoms with Crippen LogP contribution in [0.15, 0.2) is 4.52 Å². The smallest absolute Gasteiger partial charge is 0.339 e. The lowest BCUT2D eigenvalue weighted by Crippen LogP contribution is -2.34. The summed E-state index contributed by atoms with van der Waals surface area (Å²) >= 11 is 0. The van der Waals surface area contributed by atoms with Gasteiger partial charge in [0.1, 0.15) is 0 Å². The fourth-order valence-corrected chi connectivity index (χ4v) is 1.73. The van der Waals surface area contributed by atoms with Gasteiger partial charge in [-0.25, -0.2) is 0 Å². The van der Waals surface area contributed by atoms with Crippen LogP contribution in [0, 0.1) is 0 Å². The largest absolute Gasteiger partial charge is 0.389 e. The first-order valence-electron chi connectivity index (χ1n) is 5.98. The molecule has 0 aliphatic heterocycles. The van der Waals surface area contributed by atoms with Gasteiger partial charge in [-0.15, -0.1) is 0 Å². The van der Waals surface area contributed by atoms with Crippen LogP contribution in [0.1, 0.15) is 56.7 Å². The summed E-state index contributed by atoms with van der Waals surface area (Å²) in [4.78, 5) is 4.17. The number of hydrogen-bond donors (Lipinski definition) is 1. The predicted octanol–water partition coefficient (Wildman–Crippen LogP) is 2.85. The molecule has 2 N–H and O–H groups in total. The molecule has 0 bridgehead atoms. The molecule has 0 radical (unpaired) electrons. The fraction of sp³-hybridized carbons (Fsp3) is 0.818. The lowest BCUT2D eigenvalue weighted by Gasteiger charge is -2.20. The molecule has 1 atom stereocenters. The van der Waals surface area contributed by atoms with Gasteiger partial charge in [0.25, 0.3) is 0 Å². The lowest BCUT2D eigenvalue weighted by molar-refractivity contribution is -0.136. The highest BCUT2D eigenvalue weighted by Gasteiger charge is 2.34. The third-order valence-electron chi connectivity index (χ3n) is 3.04. The Morgan fingerprint density at radius 3 is 2.56 bits per heavy atom. The summed E-state index contributed by atoms with van der Waals surface area (Å²) in [5.41, 5.74) is 4.98. The van der Waals surface area contributed by atoms with E-state index in [-0.39, 0.29) is 12.8 Å². The fourth-order valence-electron chi connectivity index (χ4n) is 1.73. The summed E-state index contributed by atoms with van der Waals surface area (Å²) < 4.78 is 41.2. The Balaban J connectivity index is 1.91. The number of nitrogens with two attached hydrogens (primary N) is 1. The number of rotatable bonds is 5. The van der Waals surface area contributed by atoms with Crippen LogP contribution in [0.2, 0.25) is 0 Å². The molecule has 1 saturated carbocycles. The van der Waals surface area contributed by atoms with E-state index in [9.17, 15) is 13.2 Å². The van der Waals surface area contributed by atoms with Crippen LogP contribution in [0.5, 0.6) is 0 Å². The molecule has 2 rings (SSSR count). The molecular formula is C11H16F3N3O. The highest BCUT2D eigenvalue weighted by Crippen LogP contribution is 2.39. The zero-order chi connectivity index (χ0) is 13.4. The molecule has 1 aliphatic carbocycles. The molecular weight excluding hydrogens is 247 g/mol. The molecule has 7 heteroatoms. The van der Waals surface area contributed by atoms with Crippen LogP contribution in [0.25, 0.3) is 0 Å². The summed E-state index contributed by atoms with van der Waals surface area (Å²) in [5.74, 6) is 1.17. The summed E-state index contributed by atoms with van der Waals surface area (Å²) in [5, 5.41) is 3.77. The van der Waals surface area contributed by atoms with Gasteiger partial charge >= 0.3 is 6.18 Å². The second kappa shape index (κ2) is 4.53. The Kier molecular flexibility index (Phi) is 3.35. The Bertz CT molecular complexity index is 410. The van der Waals surface area contributed by atoms with Gasteiger partial charge in [-0.3, -0.25) is 0 Å². The van der Waals surface area contributed by atoms with E-state index in [0.29, 0.717) is 17.6 Å². The summed E-state index contributed by atoms with van der Waals surface area (Å²) in [6, 6.07) is 0. The van der Waals surface area contributed by atoms with Crippen LogP contribution >= 0.6 is 0 Å². The molecule has 102 valence electrons. The normalized spacial score (nSPS) is 19.8. The predicted molar refractivity (Wildman–Crippen MR) is 57.7 cm³/mol. The molecule has 0 saturated heterocycles. The minimum Gasteiger partial charge on any atom is -0.339 e. The van der Waals surface area contributed by atoms with E-state index in [4.69, 9.17) is 10.3 Å². The standard InChI is InChI=1S/C11H16F3N3O/c1-10(15,5-2-6-11(12,13)14)9-16-8(18-17-9)7-3-4-7/h7H,2-6,15H2,1H3. The monoisotopic (exact) mass is 263 g/mol. The first kappa shape index (κ1) is 13.3. The highest BCUT2D eigenvalue weighted by molar-refractivity contribution is 5.07. The lowest BCUT2D eigenvalue weighted by atomic mass is 9.95. The minimum atomic E-state index is -4.15. The number of nitrogens with zero attached hydrogens (tertiary/aromatic N) is 2. The molecule has 1 fully saturated rings. The molecule has 0 spiro atoms. The number of alkyl halides is 3. The van der Waals surface area contributed by atoms with E-state index < -0.39 is 18.1 Å². The summed E-state index contributed by atoms with van der Waals surface area (Å²) in [6.07, 6.45) is -2.80. The molecule has 18 heavy (non-hydrogen) atoms. The van der Waals surface area contributed by atoms with Crippen LogP contribution in [0.4, 0.5) is 13.2 Å². The van der Waals surface area contributed by atoms with Gasteiger partial charge in [-0.05, 0) is 32.6 Å². The van der Waals surface area contributed by atoms with E-state index in [1.54, 1.807) is 6.92 Å². The van der Waals surface area contributed by atoms with Crippen molar-refractivity contribution in [3.63, 3.8) is 0 Å². The van der Waals surface area contributed by atoms with Crippen molar-refractivity contribution in [2.45, 2.75) is 56.7 Å². The van der Waals surface area contributed by atoms with Crippen LogP contribution in [0.3, 0.4) is 0 Å². The molecule has 1 heterocycles. The van der Waals surface area contributed by atoms with Gasteiger partial charge in [0, 0.05) is 12.3 Å². The second-order valence-electron chi connectivity index (χ2n) is 5.12. The molecule has 0 amide bonds. The Morgan fingerprint density at radius 2 is 2.00 bits per heavy atom. The van der Waals surface area contributed by atoms with Gasteiger partial charge in [0.2, 0.25) is 5.89 Å². The van der Waals surface area contributed by atoms with Crippen molar-refractivity contribution in [1.82, 2.24) is 10.1 Å². The average Bonchev–Trinajstić information content (AvgIpc) is 2.93. The van der Waals surface area contributed by atoms with Crippen molar-refractivity contribution in [3.05, 3.63) is 11.7 Å². The van der Waals surface area contributed by atoms with E-state index >= 15 is 0 Å². The van der Waals surface area contributed by atoms with Gasteiger partial charge in [-0.2, -0.15) is 18.2 Å². The van der Waals surface area contributed by atoms with E-state index in [0.717, 1.165) is 12.8 Å². The van der Waals surface area contributed by atoms with Crippen molar-refractivity contribution in [3.8, 4) is 0 Å². The van der Waals surface area contributed by atoms with Crippen molar-refractivity contribution in [2.24, 2.45) is 5.73 Å². The van der Waals surface area contributed by atoms with Gasteiger partial charge in [0.15, 0.2) is 5.82 Å². The van der Waals surface area contributed by atoms with Crippen molar-refractivity contribution < 1.29 is 17.7 Å².